The van der Waals surface area contributed by atoms with Crippen LogP contribution in [-0.4, -0.2) is 69.0 Å². The summed E-state index contributed by atoms with van der Waals surface area (Å²) in [4.78, 5) is 16.2. The molecule has 2 aromatic carbocycles. The number of amides is 1. The van der Waals surface area contributed by atoms with Crippen LogP contribution in [0.1, 0.15) is 31.0 Å². The van der Waals surface area contributed by atoms with Gasteiger partial charge >= 0.3 is 0 Å². The van der Waals surface area contributed by atoms with Gasteiger partial charge in [0.05, 0.1) is 18.3 Å². The van der Waals surface area contributed by atoms with Crippen LogP contribution in [0.3, 0.4) is 0 Å². The summed E-state index contributed by atoms with van der Waals surface area (Å²) in [5, 5.41) is 16.6. The molecule has 1 atom stereocenters. The van der Waals surface area contributed by atoms with Crippen molar-refractivity contribution in [2.45, 2.75) is 51.5 Å². The van der Waals surface area contributed by atoms with Crippen molar-refractivity contribution in [3.8, 4) is 17.0 Å². The zero-order valence-corrected chi connectivity index (χ0v) is 23.3. The number of fused-ring (bicyclic) bond motifs is 1. The molecule has 1 N–H and O–H groups in total. The standard InChI is InChI=1S/C28H32BrClN4O3/c1-19(35)33-14-11-27-26(18-33)28(20-5-7-21(29)8-6-20)31-34(27)17-23(36)16-32-12-9-24(10-13-32)37-25-4-2-3-22(30)15-25/h2-8,15,23-24,36H,9-14,16-18H2,1H3. The third kappa shape index (κ3) is 6.37. The van der Waals surface area contributed by atoms with E-state index < -0.39 is 6.10 Å². The summed E-state index contributed by atoms with van der Waals surface area (Å²) in [5.41, 5.74) is 4.09. The molecule has 0 aliphatic carbocycles. The van der Waals surface area contributed by atoms with E-state index in [4.69, 9.17) is 21.4 Å². The molecule has 5 rings (SSSR count). The Labute approximate surface area is 231 Å². The first kappa shape index (κ1) is 26.2. The monoisotopic (exact) mass is 586 g/mol. The minimum Gasteiger partial charge on any atom is -0.490 e. The molecule has 1 aromatic heterocycles. The number of ether oxygens (including phenoxy) is 1. The van der Waals surface area contributed by atoms with E-state index >= 15 is 0 Å². The third-order valence-corrected chi connectivity index (χ3v) is 7.95. The summed E-state index contributed by atoms with van der Waals surface area (Å²) in [6, 6.07) is 15.6. The van der Waals surface area contributed by atoms with Crippen molar-refractivity contribution in [2.24, 2.45) is 0 Å². The Hall–Kier alpha value is -2.39. The molecule has 3 heterocycles. The Morgan fingerprint density at radius 3 is 2.62 bits per heavy atom. The van der Waals surface area contributed by atoms with E-state index in [0.717, 1.165) is 65.1 Å². The first-order chi connectivity index (χ1) is 17.9. The van der Waals surface area contributed by atoms with Gasteiger partial charge in [0.2, 0.25) is 5.91 Å². The van der Waals surface area contributed by atoms with Crippen molar-refractivity contribution in [3.05, 3.63) is 69.3 Å². The lowest BCUT2D eigenvalue weighted by atomic mass is 10.0. The molecule has 9 heteroatoms. The molecular weight excluding hydrogens is 556 g/mol. The molecule has 0 saturated carbocycles. The van der Waals surface area contributed by atoms with Gasteiger partial charge in [-0.3, -0.25) is 9.48 Å². The van der Waals surface area contributed by atoms with Crippen LogP contribution in [0.5, 0.6) is 5.75 Å². The van der Waals surface area contributed by atoms with E-state index in [1.54, 1.807) is 6.92 Å². The number of carbonyl (C=O) groups excluding carboxylic acids is 1. The van der Waals surface area contributed by atoms with Gasteiger partial charge in [-0.05, 0) is 43.2 Å². The molecule has 0 spiro atoms. The van der Waals surface area contributed by atoms with Crippen molar-refractivity contribution in [3.63, 3.8) is 0 Å². The largest absolute Gasteiger partial charge is 0.490 e. The Balaban J connectivity index is 1.23. The molecule has 37 heavy (non-hydrogen) atoms. The van der Waals surface area contributed by atoms with E-state index in [2.05, 4.69) is 20.8 Å². The fraction of sp³-hybridized carbons (Fsp3) is 0.429. The number of aliphatic hydroxyl groups is 1. The maximum Gasteiger partial charge on any atom is 0.219 e. The second-order valence-corrected chi connectivity index (χ2v) is 11.2. The van der Waals surface area contributed by atoms with Crippen LogP contribution in [0.4, 0.5) is 0 Å². The molecule has 196 valence electrons. The predicted octanol–water partition coefficient (Wildman–Crippen LogP) is 4.77. The second-order valence-electron chi connectivity index (χ2n) is 9.88. The van der Waals surface area contributed by atoms with Gasteiger partial charge in [-0.2, -0.15) is 5.10 Å². The van der Waals surface area contributed by atoms with E-state index in [1.165, 1.54) is 0 Å². The number of carbonyl (C=O) groups is 1. The number of halogens is 2. The lowest BCUT2D eigenvalue weighted by Gasteiger charge is -2.33. The number of benzene rings is 2. The number of nitrogens with zero attached hydrogens (tertiary/aromatic N) is 4. The zero-order chi connectivity index (χ0) is 25.9. The van der Waals surface area contributed by atoms with Crippen LogP contribution >= 0.6 is 27.5 Å². The number of likely N-dealkylation sites (tertiary alicyclic amines) is 1. The van der Waals surface area contributed by atoms with Crippen LogP contribution in [0.25, 0.3) is 11.3 Å². The first-order valence-corrected chi connectivity index (χ1v) is 14.0. The number of hydrogen-bond acceptors (Lipinski definition) is 5. The number of hydrogen-bond donors (Lipinski definition) is 1. The highest BCUT2D eigenvalue weighted by Gasteiger charge is 2.28. The van der Waals surface area contributed by atoms with Crippen LogP contribution in [-0.2, 0) is 24.3 Å². The fourth-order valence-corrected chi connectivity index (χ4v) is 5.69. The summed E-state index contributed by atoms with van der Waals surface area (Å²) in [7, 11) is 0. The highest BCUT2D eigenvalue weighted by atomic mass is 79.9. The normalized spacial score (nSPS) is 17.5. The fourth-order valence-electron chi connectivity index (χ4n) is 5.25. The van der Waals surface area contributed by atoms with Crippen LogP contribution in [0.2, 0.25) is 5.02 Å². The van der Waals surface area contributed by atoms with Gasteiger partial charge in [0.1, 0.15) is 11.9 Å². The number of rotatable bonds is 7. The Kier molecular flexibility index (Phi) is 8.19. The Bertz CT molecular complexity index is 1240. The maximum absolute atomic E-state index is 12.1. The van der Waals surface area contributed by atoms with Gasteiger partial charge in [-0.25, -0.2) is 0 Å². The molecule has 1 saturated heterocycles. The first-order valence-electron chi connectivity index (χ1n) is 12.8. The van der Waals surface area contributed by atoms with Gasteiger partial charge in [-0.1, -0.05) is 45.7 Å². The average Bonchev–Trinajstić information content (AvgIpc) is 3.23. The lowest BCUT2D eigenvalue weighted by molar-refractivity contribution is -0.129. The highest BCUT2D eigenvalue weighted by Crippen LogP contribution is 2.31. The van der Waals surface area contributed by atoms with Crippen LogP contribution in [0, 0.1) is 0 Å². The Morgan fingerprint density at radius 1 is 1.16 bits per heavy atom. The number of piperidine rings is 1. The lowest BCUT2D eigenvalue weighted by Crippen LogP contribution is -2.43. The number of aliphatic hydroxyl groups excluding tert-OH is 1. The van der Waals surface area contributed by atoms with Gasteiger partial charge in [0.25, 0.3) is 0 Å². The van der Waals surface area contributed by atoms with Crippen molar-refractivity contribution >= 4 is 33.4 Å². The van der Waals surface area contributed by atoms with Crippen molar-refractivity contribution in [2.75, 3.05) is 26.2 Å². The van der Waals surface area contributed by atoms with E-state index in [1.807, 2.05) is 58.1 Å². The third-order valence-electron chi connectivity index (χ3n) is 7.18. The predicted molar refractivity (Wildman–Crippen MR) is 148 cm³/mol. The van der Waals surface area contributed by atoms with E-state index in [9.17, 15) is 9.90 Å². The number of β-amino-alcohol motifs (C(OH)–C–C–N with tert-alkyl or cyclic N) is 1. The van der Waals surface area contributed by atoms with E-state index in [0.29, 0.717) is 31.2 Å². The minimum atomic E-state index is -0.544. The van der Waals surface area contributed by atoms with Gasteiger partial charge in [0.15, 0.2) is 0 Å². The summed E-state index contributed by atoms with van der Waals surface area (Å²) >= 11 is 9.57. The van der Waals surface area contributed by atoms with Crippen molar-refractivity contribution in [1.82, 2.24) is 19.6 Å². The molecule has 1 fully saturated rings. The number of aromatic nitrogens is 2. The summed E-state index contributed by atoms with van der Waals surface area (Å²) in [6.07, 6.45) is 2.16. The zero-order valence-electron chi connectivity index (χ0n) is 20.9. The van der Waals surface area contributed by atoms with Crippen molar-refractivity contribution < 1.29 is 14.6 Å². The highest BCUT2D eigenvalue weighted by molar-refractivity contribution is 9.10. The second kappa shape index (κ2) is 11.6. The van der Waals surface area contributed by atoms with E-state index in [-0.39, 0.29) is 12.0 Å². The maximum atomic E-state index is 12.1. The average molecular weight is 588 g/mol. The van der Waals surface area contributed by atoms with Crippen LogP contribution < -0.4 is 4.74 Å². The molecule has 0 radical (unpaired) electrons. The van der Waals surface area contributed by atoms with Gasteiger partial charge in [-0.15, -0.1) is 0 Å². The summed E-state index contributed by atoms with van der Waals surface area (Å²) in [5.74, 6) is 0.877. The molecule has 7 nitrogen and oxygen atoms in total. The summed E-state index contributed by atoms with van der Waals surface area (Å²) in [6.45, 7) is 5.59. The smallest absolute Gasteiger partial charge is 0.219 e. The molecule has 3 aromatic rings. The molecule has 1 unspecified atom stereocenters. The summed E-state index contributed by atoms with van der Waals surface area (Å²) < 4.78 is 9.08. The van der Waals surface area contributed by atoms with Crippen molar-refractivity contribution in [1.29, 1.82) is 0 Å². The minimum absolute atomic E-state index is 0.0722. The SMILES string of the molecule is CC(=O)N1CCc2c(c(-c3ccc(Br)cc3)nn2CC(O)CN2CCC(Oc3cccc(Cl)c3)CC2)C1. The molecule has 2 aliphatic rings. The quantitative estimate of drug-likeness (QED) is 0.431. The Morgan fingerprint density at radius 2 is 1.92 bits per heavy atom. The van der Waals surface area contributed by atoms with Crippen LogP contribution in [0.15, 0.2) is 53.0 Å². The molecule has 0 bridgehead atoms. The van der Waals surface area contributed by atoms with Gasteiger partial charge < -0.3 is 19.6 Å². The van der Waals surface area contributed by atoms with Gasteiger partial charge in [0, 0.05) is 72.4 Å². The molecular formula is C28H32BrClN4O3. The topological polar surface area (TPSA) is 70.8 Å². The molecule has 2 aliphatic heterocycles. The molecule has 1 amide bonds.